The van der Waals surface area contributed by atoms with Gasteiger partial charge in [0, 0.05) is 6.20 Å². The number of pyridine rings is 1. The third-order valence-electron chi connectivity index (χ3n) is 2.32. The van der Waals surface area contributed by atoms with Crippen molar-refractivity contribution in [1.82, 2.24) is 4.98 Å². The van der Waals surface area contributed by atoms with E-state index in [1.807, 2.05) is 13.0 Å². The van der Waals surface area contributed by atoms with E-state index in [1.165, 1.54) is 0 Å². The van der Waals surface area contributed by atoms with E-state index in [2.05, 4.69) is 4.98 Å². The molecule has 1 fully saturated rings. The summed E-state index contributed by atoms with van der Waals surface area (Å²) in [5, 5.41) is 0. The molecule has 0 radical (unpaired) electrons. The van der Waals surface area contributed by atoms with E-state index in [1.54, 1.807) is 6.20 Å². The monoisotopic (exact) mass is 191 g/mol. The fraction of sp³-hybridized carbons (Fsp3) is 0.455. The Balaban J connectivity index is 2.33. The van der Waals surface area contributed by atoms with Crippen LogP contribution in [0.15, 0.2) is 12.3 Å². The Labute approximate surface area is 83.1 Å². The Bertz CT molecular complexity index is 345. The van der Waals surface area contributed by atoms with Gasteiger partial charge in [-0.1, -0.05) is 6.92 Å². The summed E-state index contributed by atoms with van der Waals surface area (Å²) in [7, 11) is 0. The Kier molecular flexibility index (Phi) is 2.48. The van der Waals surface area contributed by atoms with Crippen LogP contribution in [0.5, 0.6) is 5.75 Å². The number of hydrogen-bond acceptors (Lipinski definition) is 3. The van der Waals surface area contributed by atoms with Crippen LogP contribution in [-0.4, -0.2) is 17.4 Å². The first-order valence-corrected chi connectivity index (χ1v) is 4.95. The van der Waals surface area contributed by atoms with Gasteiger partial charge in [-0.25, -0.2) is 4.98 Å². The SMILES string of the molecule is CCc1ccnc(C=O)c1OC1CC1. The van der Waals surface area contributed by atoms with Crippen LogP contribution < -0.4 is 4.74 Å². The molecular formula is C11H13NO2. The second-order valence-electron chi connectivity index (χ2n) is 3.47. The van der Waals surface area contributed by atoms with Crippen molar-refractivity contribution in [2.75, 3.05) is 0 Å². The fourth-order valence-corrected chi connectivity index (χ4v) is 1.36. The minimum absolute atomic E-state index is 0.309. The second-order valence-corrected chi connectivity index (χ2v) is 3.47. The van der Waals surface area contributed by atoms with E-state index in [4.69, 9.17) is 4.74 Å². The number of aryl methyl sites for hydroxylation is 1. The van der Waals surface area contributed by atoms with Gasteiger partial charge < -0.3 is 4.74 Å². The number of carbonyl (C=O) groups is 1. The summed E-state index contributed by atoms with van der Waals surface area (Å²) in [6.45, 7) is 2.05. The molecule has 1 aliphatic carbocycles. The van der Waals surface area contributed by atoms with Gasteiger partial charge in [-0.15, -0.1) is 0 Å². The van der Waals surface area contributed by atoms with E-state index < -0.39 is 0 Å². The summed E-state index contributed by atoms with van der Waals surface area (Å²) in [5.74, 6) is 0.688. The number of aldehydes is 1. The van der Waals surface area contributed by atoms with Gasteiger partial charge in [0.1, 0.15) is 5.69 Å². The molecule has 0 spiro atoms. The molecule has 1 heterocycles. The quantitative estimate of drug-likeness (QED) is 0.683. The molecule has 1 aromatic rings. The first kappa shape index (κ1) is 9.19. The number of hydrogen-bond donors (Lipinski definition) is 0. The third kappa shape index (κ3) is 1.76. The Hall–Kier alpha value is -1.38. The van der Waals surface area contributed by atoms with Gasteiger partial charge in [0.25, 0.3) is 0 Å². The average Bonchev–Trinajstić information content (AvgIpc) is 3.02. The van der Waals surface area contributed by atoms with Crippen LogP contribution in [0.2, 0.25) is 0 Å². The van der Waals surface area contributed by atoms with E-state index in [-0.39, 0.29) is 0 Å². The van der Waals surface area contributed by atoms with Crippen LogP contribution in [0.1, 0.15) is 35.8 Å². The molecule has 0 aromatic carbocycles. The molecule has 0 N–H and O–H groups in total. The second kappa shape index (κ2) is 3.78. The van der Waals surface area contributed by atoms with E-state index in [0.29, 0.717) is 17.5 Å². The van der Waals surface area contributed by atoms with Gasteiger partial charge in [-0.3, -0.25) is 4.79 Å². The smallest absolute Gasteiger partial charge is 0.172 e. The highest BCUT2D eigenvalue weighted by molar-refractivity contribution is 5.77. The van der Waals surface area contributed by atoms with E-state index >= 15 is 0 Å². The summed E-state index contributed by atoms with van der Waals surface area (Å²) in [4.78, 5) is 14.7. The summed E-state index contributed by atoms with van der Waals surface area (Å²) in [5.41, 5.74) is 1.49. The Morgan fingerprint density at radius 2 is 2.43 bits per heavy atom. The Morgan fingerprint density at radius 3 is 3.00 bits per heavy atom. The Morgan fingerprint density at radius 1 is 1.64 bits per heavy atom. The van der Waals surface area contributed by atoms with Crippen LogP contribution in [0.3, 0.4) is 0 Å². The van der Waals surface area contributed by atoms with Crippen LogP contribution in [0, 0.1) is 0 Å². The fourth-order valence-electron chi connectivity index (χ4n) is 1.36. The van der Waals surface area contributed by atoms with Crippen molar-refractivity contribution >= 4 is 6.29 Å². The number of nitrogens with zero attached hydrogens (tertiary/aromatic N) is 1. The molecule has 74 valence electrons. The minimum Gasteiger partial charge on any atom is -0.488 e. The van der Waals surface area contributed by atoms with Crippen LogP contribution in [0.4, 0.5) is 0 Å². The topological polar surface area (TPSA) is 39.2 Å². The van der Waals surface area contributed by atoms with Crippen LogP contribution >= 0.6 is 0 Å². The highest BCUT2D eigenvalue weighted by Gasteiger charge is 2.25. The zero-order valence-electron chi connectivity index (χ0n) is 8.19. The maximum absolute atomic E-state index is 10.8. The highest BCUT2D eigenvalue weighted by Crippen LogP contribution is 2.30. The van der Waals surface area contributed by atoms with Crippen molar-refractivity contribution in [1.29, 1.82) is 0 Å². The third-order valence-corrected chi connectivity index (χ3v) is 2.32. The molecule has 1 aliphatic rings. The molecule has 1 saturated carbocycles. The largest absolute Gasteiger partial charge is 0.488 e. The number of ether oxygens (including phenoxy) is 1. The first-order valence-electron chi connectivity index (χ1n) is 4.95. The molecule has 0 bridgehead atoms. The van der Waals surface area contributed by atoms with Crippen molar-refractivity contribution < 1.29 is 9.53 Å². The molecule has 0 amide bonds. The van der Waals surface area contributed by atoms with E-state index in [0.717, 1.165) is 31.1 Å². The van der Waals surface area contributed by atoms with Gasteiger partial charge in [0.2, 0.25) is 0 Å². The zero-order chi connectivity index (χ0) is 9.97. The first-order chi connectivity index (χ1) is 6.85. The number of rotatable bonds is 4. The van der Waals surface area contributed by atoms with Crippen molar-refractivity contribution in [3.05, 3.63) is 23.5 Å². The lowest BCUT2D eigenvalue weighted by Crippen LogP contribution is -2.04. The highest BCUT2D eigenvalue weighted by atomic mass is 16.5. The lowest BCUT2D eigenvalue weighted by Gasteiger charge is -2.10. The van der Waals surface area contributed by atoms with E-state index in [9.17, 15) is 4.79 Å². The predicted octanol–water partition coefficient (Wildman–Crippen LogP) is 2.00. The van der Waals surface area contributed by atoms with Crippen molar-refractivity contribution in [3.8, 4) is 5.75 Å². The summed E-state index contributed by atoms with van der Waals surface area (Å²) >= 11 is 0. The predicted molar refractivity (Wildman–Crippen MR) is 52.7 cm³/mol. The molecule has 3 heteroatoms. The molecule has 0 saturated heterocycles. The standard InChI is InChI=1S/C11H13NO2/c1-2-8-5-6-12-10(7-13)11(8)14-9-3-4-9/h5-7,9H,2-4H2,1H3. The molecule has 14 heavy (non-hydrogen) atoms. The summed E-state index contributed by atoms with van der Waals surface area (Å²) in [6.07, 6.45) is 5.78. The molecule has 0 aliphatic heterocycles. The molecule has 3 nitrogen and oxygen atoms in total. The van der Waals surface area contributed by atoms with Gasteiger partial charge in [-0.05, 0) is 30.9 Å². The zero-order valence-corrected chi connectivity index (χ0v) is 8.19. The lowest BCUT2D eigenvalue weighted by molar-refractivity contribution is 0.111. The van der Waals surface area contributed by atoms with Gasteiger partial charge >= 0.3 is 0 Å². The maximum atomic E-state index is 10.8. The van der Waals surface area contributed by atoms with Crippen molar-refractivity contribution in [2.24, 2.45) is 0 Å². The number of carbonyl (C=O) groups excluding carboxylic acids is 1. The number of aromatic nitrogens is 1. The van der Waals surface area contributed by atoms with Crippen molar-refractivity contribution in [2.45, 2.75) is 32.3 Å². The summed E-state index contributed by atoms with van der Waals surface area (Å²) in [6, 6.07) is 1.91. The average molecular weight is 191 g/mol. The molecule has 0 unspecified atom stereocenters. The molecule has 2 rings (SSSR count). The lowest BCUT2D eigenvalue weighted by atomic mass is 10.1. The molecule has 0 atom stereocenters. The van der Waals surface area contributed by atoms with Gasteiger partial charge in [-0.2, -0.15) is 0 Å². The van der Waals surface area contributed by atoms with Gasteiger partial charge in [0.05, 0.1) is 6.10 Å². The van der Waals surface area contributed by atoms with Gasteiger partial charge in [0.15, 0.2) is 12.0 Å². The van der Waals surface area contributed by atoms with Crippen LogP contribution in [0.25, 0.3) is 0 Å². The maximum Gasteiger partial charge on any atom is 0.172 e. The molecular weight excluding hydrogens is 178 g/mol. The van der Waals surface area contributed by atoms with Crippen LogP contribution in [-0.2, 0) is 6.42 Å². The summed E-state index contributed by atoms with van der Waals surface area (Å²) < 4.78 is 5.68. The molecule has 1 aromatic heterocycles. The minimum atomic E-state index is 0.309. The van der Waals surface area contributed by atoms with Crippen molar-refractivity contribution in [3.63, 3.8) is 0 Å². The normalized spacial score (nSPS) is 15.2.